The summed E-state index contributed by atoms with van der Waals surface area (Å²) in [5, 5.41) is 0. The van der Waals surface area contributed by atoms with Gasteiger partial charge in [0.25, 0.3) is 5.91 Å². The molecule has 2 aromatic rings. The van der Waals surface area contributed by atoms with Gasteiger partial charge in [-0.05, 0) is 25.3 Å². The van der Waals surface area contributed by atoms with Gasteiger partial charge < -0.3 is 9.64 Å². The maximum atomic E-state index is 12.6. The number of hydrogen-bond donors (Lipinski definition) is 0. The standard InChI is InChI=1S/C19H23N3O2/c1-14-4-3-5-15(10-14)11-16-13-22(9-6-18(16)24-2)19(23)17-12-20-7-8-21-17/h3-5,7-8,10,12,16,18H,6,9,11,13H2,1-2H3/t16-,18-/m1/s1. The van der Waals surface area contributed by atoms with Crippen molar-refractivity contribution >= 4 is 5.91 Å². The van der Waals surface area contributed by atoms with Gasteiger partial charge in [-0.25, -0.2) is 4.98 Å². The Morgan fingerprint density at radius 1 is 1.38 bits per heavy atom. The van der Waals surface area contributed by atoms with Gasteiger partial charge in [-0.3, -0.25) is 9.78 Å². The van der Waals surface area contributed by atoms with Gasteiger partial charge in [0.1, 0.15) is 5.69 Å². The molecule has 5 heteroatoms. The number of carbonyl (C=O) groups is 1. The van der Waals surface area contributed by atoms with Crippen LogP contribution in [-0.4, -0.2) is 47.1 Å². The van der Waals surface area contributed by atoms with Gasteiger partial charge in [0, 0.05) is 38.5 Å². The maximum absolute atomic E-state index is 12.6. The number of piperidine rings is 1. The van der Waals surface area contributed by atoms with Crippen molar-refractivity contribution in [2.75, 3.05) is 20.2 Å². The van der Waals surface area contributed by atoms with Crippen molar-refractivity contribution in [3.05, 3.63) is 59.7 Å². The van der Waals surface area contributed by atoms with Crippen LogP contribution < -0.4 is 0 Å². The fourth-order valence-corrected chi connectivity index (χ4v) is 3.41. The minimum Gasteiger partial charge on any atom is -0.381 e. The molecule has 0 radical (unpaired) electrons. The first-order valence-corrected chi connectivity index (χ1v) is 8.31. The lowest BCUT2D eigenvalue weighted by Crippen LogP contribution is -2.47. The van der Waals surface area contributed by atoms with Crippen molar-refractivity contribution in [2.24, 2.45) is 5.92 Å². The van der Waals surface area contributed by atoms with E-state index >= 15 is 0 Å². The number of rotatable bonds is 4. The molecule has 1 fully saturated rings. The Bertz CT molecular complexity index is 690. The molecular weight excluding hydrogens is 302 g/mol. The fourth-order valence-electron chi connectivity index (χ4n) is 3.41. The lowest BCUT2D eigenvalue weighted by Gasteiger charge is -2.38. The van der Waals surface area contributed by atoms with Gasteiger partial charge in [0.05, 0.1) is 12.3 Å². The summed E-state index contributed by atoms with van der Waals surface area (Å²) in [6, 6.07) is 8.53. The van der Waals surface area contributed by atoms with Gasteiger partial charge >= 0.3 is 0 Å². The smallest absolute Gasteiger partial charge is 0.274 e. The summed E-state index contributed by atoms with van der Waals surface area (Å²) in [5.41, 5.74) is 2.95. The van der Waals surface area contributed by atoms with Crippen LogP contribution >= 0.6 is 0 Å². The molecule has 5 nitrogen and oxygen atoms in total. The number of aryl methyl sites for hydroxylation is 1. The largest absolute Gasteiger partial charge is 0.381 e. The monoisotopic (exact) mass is 325 g/mol. The van der Waals surface area contributed by atoms with Crippen LogP contribution in [-0.2, 0) is 11.2 Å². The van der Waals surface area contributed by atoms with Crippen molar-refractivity contribution in [1.29, 1.82) is 0 Å². The predicted molar refractivity (Wildman–Crippen MR) is 91.7 cm³/mol. The lowest BCUT2D eigenvalue weighted by atomic mass is 9.88. The molecule has 1 aromatic carbocycles. The number of hydrogen-bond acceptors (Lipinski definition) is 4. The van der Waals surface area contributed by atoms with E-state index in [-0.39, 0.29) is 17.9 Å². The molecule has 1 amide bonds. The molecule has 24 heavy (non-hydrogen) atoms. The first-order chi connectivity index (χ1) is 11.7. The Morgan fingerprint density at radius 2 is 2.25 bits per heavy atom. The number of benzene rings is 1. The molecule has 0 aliphatic carbocycles. The second kappa shape index (κ2) is 7.53. The molecular formula is C19H23N3O2. The molecule has 1 saturated heterocycles. The third kappa shape index (κ3) is 3.79. The molecule has 0 unspecified atom stereocenters. The van der Waals surface area contributed by atoms with E-state index in [1.54, 1.807) is 19.5 Å². The highest BCUT2D eigenvalue weighted by Crippen LogP contribution is 2.25. The average Bonchev–Trinajstić information content (AvgIpc) is 2.62. The highest BCUT2D eigenvalue weighted by atomic mass is 16.5. The average molecular weight is 325 g/mol. The fraction of sp³-hybridized carbons (Fsp3) is 0.421. The van der Waals surface area contributed by atoms with Crippen LogP contribution in [0, 0.1) is 12.8 Å². The lowest BCUT2D eigenvalue weighted by molar-refractivity contribution is -0.00319. The van der Waals surface area contributed by atoms with E-state index in [2.05, 4.69) is 41.2 Å². The SMILES string of the molecule is CO[C@@H]1CCN(C(=O)c2cnccn2)C[C@H]1Cc1cccc(C)c1. The van der Waals surface area contributed by atoms with Crippen LogP contribution in [0.4, 0.5) is 0 Å². The second-order valence-electron chi connectivity index (χ2n) is 6.36. The molecule has 3 rings (SSSR count). The van der Waals surface area contributed by atoms with Crippen molar-refractivity contribution in [3.8, 4) is 0 Å². The van der Waals surface area contributed by atoms with Gasteiger partial charge in [0.2, 0.25) is 0 Å². The Kier molecular flexibility index (Phi) is 5.20. The number of amides is 1. The number of ether oxygens (including phenoxy) is 1. The van der Waals surface area contributed by atoms with E-state index in [1.807, 2.05) is 4.90 Å². The van der Waals surface area contributed by atoms with Gasteiger partial charge in [0.15, 0.2) is 0 Å². The van der Waals surface area contributed by atoms with Gasteiger partial charge in [-0.2, -0.15) is 0 Å². The minimum absolute atomic E-state index is 0.0492. The van der Waals surface area contributed by atoms with E-state index in [1.165, 1.54) is 17.3 Å². The zero-order valence-electron chi connectivity index (χ0n) is 14.2. The predicted octanol–water partition coefficient (Wildman–Crippen LogP) is 2.50. The summed E-state index contributed by atoms with van der Waals surface area (Å²) in [6.45, 7) is 3.47. The Balaban J connectivity index is 1.73. The Hall–Kier alpha value is -2.27. The van der Waals surface area contributed by atoms with E-state index < -0.39 is 0 Å². The van der Waals surface area contributed by atoms with E-state index in [9.17, 15) is 4.79 Å². The zero-order valence-corrected chi connectivity index (χ0v) is 14.2. The van der Waals surface area contributed by atoms with Crippen molar-refractivity contribution < 1.29 is 9.53 Å². The first-order valence-electron chi connectivity index (χ1n) is 8.31. The number of methoxy groups -OCH3 is 1. The van der Waals surface area contributed by atoms with Crippen LogP contribution in [0.25, 0.3) is 0 Å². The van der Waals surface area contributed by atoms with Crippen LogP contribution in [0.1, 0.15) is 28.0 Å². The van der Waals surface area contributed by atoms with Crippen molar-refractivity contribution in [1.82, 2.24) is 14.9 Å². The summed E-state index contributed by atoms with van der Waals surface area (Å²) in [4.78, 5) is 22.6. The normalized spacial score (nSPS) is 20.8. The molecule has 2 atom stereocenters. The van der Waals surface area contributed by atoms with Crippen LogP contribution in [0.15, 0.2) is 42.9 Å². The number of aromatic nitrogens is 2. The molecule has 0 spiro atoms. The van der Waals surface area contributed by atoms with E-state index in [0.717, 1.165) is 12.8 Å². The zero-order chi connectivity index (χ0) is 16.9. The molecule has 0 bridgehead atoms. The molecule has 1 aromatic heterocycles. The summed E-state index contributed by atoms with van der Waals surface area (Å²) in [6.07, 6.45) is 6.59. The van der Waals surface area contributed by atoms with Crippen LogP contribution in [0.2, 0.25) is 0 Å². The van der Waals surface area contributed by atoms with Crippen LogP contribution in [0.3, 0.4) is 0 Å². The van der Waals surface area contributed by atoms with E-state index in [0.29, 0.717) is 18.8 Å². The minimum atomic E-state index is -0.0492. The molecule has 0 N–H and O–H groups in total. The van der Waals surface area contributed by atoms with Gasteiger partial charge in [-0.1, -0.05) is 29.8 Å². The third-order valence-corrected chi connectivity index (χ3v) is 4.62. The Morgan fingerprint density at radius 3 is 2.96 bits per heavy atom. The van der Waals surface area contributed by atoms with Crippen molar-refractivity contribution in [3.63, 3.8) is 0 Å². The summed E-state index contributed by atoms with van der Waals surface area (Å²) < 4.78 is 5.67. The molecule has 1 aliphatic heterocycles. The van der Waals surface area contributed by atoms with Crippen molar-refractivity contribution in [2.45, 2.75) is 25.9 Å². The first kappa shape index (κ1) is 16.6. The van der Waals surface area contributed by atoms with Gasteiger partial charge in [-0.15, -0.1) is 0 Å². The summed E-state index contributed by atoms with van der Waals surface area (Å²) >= 11 is 0. The number of carbonyl (C=O) groups excluding carboxylic acids is 1. The topological polar surface area (TPSA) is 55.3 Å². The third-order valence-electron chi connectivity index (χ3n) is 4.62. The summed E-state index contributed by atoms with van der Waals surface area (Å²) in [7, 11) is 1.76. The van der Waals surface area contributed by atoms with E-state index in [4.69, 9.17) is 4.74 Å². The molecule has 2 heterocycles. The highest BCUT2D eigenvalue weighted by Gasteiger charge is 2.32. The molecule has 126 valence electrons. The molecule has 0 saturated carbocycles. The highest BCUT2D eigenvalue weighted by molar-refractivity contribution is 5.92. The Labute approximate surface area is 142 Å². The number of likely N-dealkylation sites (tertiary alicyclic amines) is 1. The number of nitrogens with zero attached hydrogens (tertiary/aromatic N) is 3. The summed E-state index contributed by atoms with van der Waals surface area (Å²) in [5.74, 6) is 0.234. The maximum Gasteiger partial charge on any atom is 0.274 e. The second-order valence-corrected chi connectivity index (χ2v) is 6.36. The quantitative estimate of drug-likeness (QED) is 0.867. The van der Waals surface area contributed by atoms with Crippen LogP contribution in [0.5, 0.6) is 0 Å². The molecule has 1 aliphatic rings.